The van der Waals surface area contributed by atoms with E-state index in [2.05, 4.69) is 42.5 Å². The van der Waals surface area contributed by atoms with Crippen LogP contribution in [0.4, 0.5) is 16.2 Å². The van der Waals surface area contributed by atoms with Crippen molar-refractivity contribution < 1.29 is 23.9 Å². The zero-order valence-electron chi connectivity index (χ0n) is 20.1. The molecule has 38 heavy (non-hydrogen) atoms. The number of rotatable bonds is 6. The van der Waals surface area contributed by atoms with E-state index in [1.54, 1.807) is 37.3 Å². The van der Waals surface area contributed by atoms with Crippen LogP contribution in [0.15, 0.2) is 69.1 Å². The zero-order chi connectivity index (χ0) is 27.6. The number of nitrogens with one attached hydrogen (secondary N) is 2. The second kappa shape index (κ2) is 11.5. The minimum Gasteiger partial charge on any atom is -0.482 e. The van der Waals surface area contributed by atoms with E-state index >= 15 is 0 Å². The molecular weight excluding hydrogens is 642 g/mol. The third-order valence-electron chi connectivity index (χ3n) is 5.62. The number of hydrogen-bond acceptors (Lipinski definition) is 5. The number of anilines is 2. The number of imide groups is 2. The molecule has 0 bridgehead atoms. The molecule has 1 aliphatic rings. The number of aryl methyl sites for hydroxylation is 2. The normalized spacial score (nSPS) is 14.5. The quantitative estimate of drug-likeness (QED) is 0.243. The van der Waals surface area contributed by atoms with Crippen molar-refractivity contribution in [3.8, 4) is 5.75 Å². The highest BCUT2D eigenvalue weighted by Crippen LogP contribution is 2.35. The number of hydrogen-bond donors (Lipinski definition) is 2. The van der Waals surface area contributed by atoms with Gasteiger partial charge in [0.2, 0.25) is 0 Å². The topological polar surface area (TPSA) is 105 Å². The van der Waals surface area contributed by atoms with Crippen molar-refractivity contribution in [1.82, 2.24) is 5.32 Å². The lowest BCUT2D eigenvalue weighted by molar-refractivity contribution is -0.122. The molecule has 0 spiro atoms. The van der Waals surface area contributed by atoms with Crippen LogP contribution in [0, 0.1) is 13.8 Å². The van der Waals surface area contributed by atoms with Crippen LogP contribution in [-0.2, 0) is 14.4 Å². The van der Waals surface area contributed by atoms with E-state index in [1.165, 1.54) is 12.1 Å². The first-order chi connectivity index (χ1) is 18.0. The molecule has 5 amide bonds. The fourth-order valence-corrected chi connectivity index (χ4v) is 5.27. The predicted octanol–water partition coefficient (Wildman–Crippen LogP) is 6.17. The summed E-state index contributed by atoms with van der Waals surface area (Å²) in [5, 5.41) is 5.31. The molecule has 4 rings (SSSR count). The van der Waals surface area contributed by atoms with Crippen LogP contribution >= 0.6 is 43.5 Å². The maximum atomic E-state index is 13.4. The van der Waals surface area contributed by atoms with Crippen molar-refractivity contribution in [2.45, 2.75) is 13.8 Å². The molecule has 1 saturated heterocycles. The molecular formula is C27H20Br2ClN3O5. The van der Waals surface area contributed by atoms with Gasteiger partial charge in [-0.05, 0) is 77.3 Å². The van der Waals surface area contributed by atoms with Crippen LogP contribution in [0.25, 0.3) is 6.08 Å². The van der Waals surface area contributed by atoms with E-state index in [0.717, 1.165) is 10.5 Å². The summed E-state index contributed by atoms with van der Waals surface area (Å²) in [7, 11) is 0. The SMILES string of the molecule is Cc1ccccc1NC(=O)COc1c(Br)cc(Br)cc1/C=C1\C(=O)NC(=O)N(c2cc(Cl)ccc2C)C1=O. The molecule has 1 fully saturated rings. The number of amides is 5. The Morgan fingerprint density at radius 3 is 2.53 bits per heavy atom. The molecule has 3 aromatic carbocycles. The summed E-state index contributed by atoms with van der Waals surface area (Å²) in [6.07, 6.45) is 1.31. The van der Waals surface area contributed by atoms with Crippen LogP contribution in [0.1, 0.15) is 16.7 Å². The Hall–Kier alpha value is -3.47. The molecule has 1 aliphatic heterocycles. The maximum Gasteiger partial charge on any atom is 0.335 e. The summed E-state index contributed by atoms with van der Waals surface area (Å²) < 4.78 is 6.91. The standard InChI is InChI=1S/C27H20Br2ClN3O5/c1-14-5-3-4-6-21(14)31-23(34)13-38-24-16(9-17(28)11-20(24)29)10-19-25(35)32-27(37)33(26(19)36)22-12-18(30)8-7-15(22)2/h3-12H,13H2,1-2H3,(H,31,34)(H,32,35,37)/b19-10+. The highest BCUT2D eigenvalue weighted by Gasteiger charge is 2.37. The lowest BCUT2D eigenvalue weighted by Gasteiger charge is -2.27. The predicted molar refractivity (Wildman–Crippen MR) is 152 cm³/mol. The number of benzene rings is 3. The Labute approximate surface area is 240 Å². The third kappa shape index (κ3) is 5.98. The average Bonchev–Trinajstić information content (AvgIpc) is 2.84. The van der Waals surface area contributed by atoms with Crippen LogP contribution in [0.3, 0.4) is 0 Å². The van der Waals surface area contributed by atoms with E-state index in [0.29, 0.717) is 30.8 Å². The van der Waals surface area contributed by atoms with Gasteiger partial charge in [0.25, 0.3) is 17.7 Å². The number of para-hydroxylation sites is 1. The fourth-order valence-electron chi connectivity index (χ4n) is 3.73. The highest BCUT2D eigenvalue weighted by molar-refractivity contribution is 9.11. The zero-order valence-corrected chi connectivity index (χ0v) is 24.0. The van der Waals surface area contributed by atoms with Gasteiger partial charge in [0.15, 0.2) is 6.61 Å². The van der Waals surface area contributed by atoms with Crippen molar-refractivity contribution in [3.05, 3.63) is 90.8 Å². The molecule has 0 radical (unpaired) electrons. The fraction of sp³-hybridized carbons (Fsp3) is 0.111. The van der Waals surface area contributed by atoms with E-state index in [-0.39, 0.29) is 23.6 Å². The second-order valence-corrected chi connectivity index (χ2v) is 10.6. The minimum absolute atomic E-state index is 0.226. The van der Waals surface area contributed by atoms with E-state index in [9.17, 15) is 19.2 Å². The summed E-state index contributed by atoms with van der Waals surface area (Å²) in [5.41, 5.74) is 2.43. The Morgan fingerprint density at radius 2 is 1.79 bits per heavy atom. The van der Waals surface area contributed by atoms with Crippen LogP contribution in [0.5, 0.6) is 5.75 Å². The molecule has 194 valence electrons. The second-order valence-electron chi connectivity index (χ2n) is 8.35. The average molecular weight is 662 g/mol. The first-order valence-corrected chi connectivity index (χ1v) is 13.2. The Morgan fingerprint density at radius 1 is 1.05 bits per heavy atom. The monoisotopic (exact) mass is 659 g/mol. The molecule has 0 unspecified atom stereocenters. The van der Waals surface area contributed by atoms with E-state index in [1.807, 2.05) is 25.1 Å². The van der Waals surface area contributed by atoms with Gasteiger partial charge in [0, 0.05) is 20.7 Å². The van der Waals surface area contributed by atoms with Crippen LogP contribution in [0.2, 0.25) is 5.02 Å². The van der Waals surface area contributed by atoms with E-state index < -0.39 is 23.8 Å². The van der Waals surface area contributed by atoms with Crippen molar-refractivity contribution >= 4 is 84.7 Å². The van der Waals surface area contributed by atoms with Gasteiger partial charge < -0.3 is 10.1 Å². The van der Waals surface area contributed by atoms with Gasteiger partial charge in [-0.2, -0.15) is 0 Å². The van der Waals surface area contributed by atoms with Crippen molar-refractivity contribution in [3.63, 3.8) is 0 Å². The maximum absolute atomic E-state index is 13.4. The van der Waals surface area contributed by atoms with Gasteiger partial charge in [-0.1, -0.05) is 51.8 Å². The van der Waals surface area contributed by atoms with Gasteiger partial charge >= 0.3 is 6.03 Å². The van der Waals surface area contributed by atoms with Gasteiger partial charge in [-0.3, -0.25) is 19.7 Å². The number of ether oxygens (including phenoxy) is 1. The number of barbiturate groups is 1. The Kier molecular flexibility index (Phi) is 8.35. The molecule has 11 heteroatoms. The number of nitrogens with zero attached hydrogens (tertiary/aromatic N) is 1. The summed E-state index contributed by atoms with van der Waals surface area (Å²) in [6.45, 7) is 3.25. The minimum atomic E-state index is -0.887. The summed E-state index contributed by atoms with van der Waals surface area (Å²) in [6, 6.07) is 14.5. The molecule has 3 aromatic rings. The first-order valence-electron chi connectivity index (χ1n) is 11.2. The molecule has 8 nitrogen and oxygen atoms in total. The number of carbonyl (C=O) groups excluding carboxylic acids is 4. The number of urea groups is 1. The first kappa shape index (κ1) is 27.6. The highest BCUT2D eigenvalue weighted by atomic mass is 79.9. The summed E-state index contributed by atoms with van der Waals surface area (Å²) >= 11 is 12.9. The lowest BCUT2D eigenvalue weighted by atomic mass is 10.0. The molecule has 2 N–H and O–H groups in total. The molecule has 0 saturated carbocycles. The Bertz CT molecular complexity index is 1520. The van der Waals surface area contributed by atoms with E-state index in [4.69, 9.17) is 16.3 Å². The van der Waals surface area contributed by atoms with Gasteiger partial charge in [-0.25, -0.2) is 9.69 Å². The number of carbonyl (C=O) groups is 4. The molecule has 0 aliphatic carbocycles. The summed E-state index contributed by atoms with van der Waals surface area (Å²) in [5.74, 6) is -1.87. The smallest absolute Gasteiger partial charge is 0.335 e. The van der Waals surface area contributed by atoms with Crippen LogP contribution < -0.4 is 20.3 Å². The molecule has 0 aromatic heterocycles. The largest absolute Gasteiger partial charge is 0.482 e. The molecule has 1 heterocycles. The lowest BCUT2D eigenvalue weighted by Crippen LogP contribution is -2.54. The van der Waals surface area contributed by atoms with Crippen LogP contribution in [-0.4, -0.2) is 30.4 Å². The van der Waals surface area contributed by atoms with Gasteiger partial charge in [-0.15, -0.1) is 0 Å². The Balaban J connectivity index is 1.66. The van der Waals surface area contributed by atoms with Crippen molar-refractivity contribution in [2.24, 2.45) is 0 Å². The van der Waals surface area contributed by atoms with Gasteiger partial charge in [0.1, 0.15) is 11.3 Å². The van der Waals surface area contributed by atoms with Crippen molar-refractivity contribution in [1.29, 1.82) is 0 Å². The summed E-state index contributed by atoms with van der Waals surface area (Å²) in [4.78, 5) is 52.2. The number of halogens is 3. The van der Waals surface area contributed by atoms with Gasteiger partial charge in [0.05, 0.1) is 10.2 Å². The molecule has 0 atom stereocenters. The van der Waals surface area contributed by atoms with Crippen molar-refractivity contribution in [2.75, 3.05) is 16.8 Å². The third-order valence-corrected chi connectivity index (χ3v) is 6.90.